The Balaban J connectivity index is 0.00000280. The van der Waals surface area contributed by atoms with Gasteiger partial charge in [-0.05, 0) is 5.57 Å². The van der Waals surface area contributed by atoms with E-state index in [1.54, 1.807) is 30.3 Å². The van der Waals surface area contributed by atoms with Crippen molar-refractivity contribution in [2.24, 2.45) is 0 Å². The molecule has 2 aliphatic rings. The Hall–Kier alpha value is -1.43. The molecule has 0 spiro atoms. The summed E-state index contributed by atoms with van der Waals surface area (Å²) in [6.07, 6.45) is 0. The molecule has 0 radical (unpaired) electrons. The van der Waals surface area contributed by atoms with E-state index in [0.29, 0.717) is 16.9 Å². The van der Waals surface area contributed by atoms with Crippen molar-refractivity contribution >= 4 is 45.7 Å². The van der Waals surface area contributed by atoms with Crippen LogP contribution in [0.5, 0.6) is 0 Å². The van der Waals surface area contributed by atoms with Crippen LogP contribution in [0.1, 0.15) is 5.56 Å². The quantitative estimate of drug-likeness (QED) is 0.209. The van der Waals surface area contributed by atoms with Gasteiger partial charge in [0.25, 0.3) is 11.8 Å². The van der Waals surface area contributed by atoms with Crippen molar-refractivity contribution in [3.8, 4) is 0 Å². The van der Waals surface area contributed by atoms with Crippen LogP contribution in [0.4, 0.5) is 0 Å². The van der Waals surface area contributed by atoms with E-state index in [4.69, 9.17) is 4.74 Å². The van der Waals surface area contributed by atoms with Crippen molar-refractivity contribution in [1.29, 1.82) is 0 Å². The van der Waals surface area contributed by atoms with Crippen LogP contribution in [-0.2, 0) is 30.4 Å². The number of methoxy groups -OCH3 is 1. The first-order valence-corrected chi connectivity index (χ1v) is 9.68. The first kappa shape index (κ1) is 22.9. The Morgan fingerprint density at radius 1 is 1.36 bits per heavy atom. The minimum atomic E-state index is -1.46. The molecule has 0 aliphatic carbocycles. The number of rotatable bonds is 6. The predicted octanol–water partition coefficient (Wildman–Crippen LogP) is -4.53. The number of amides is 2. The number of carbonyl (C=O) groups excluding carboxylic acids is 3. The van der Waals surface area contributed by atoms with Crippen LogP contribution in [-0.4, -0.2) is 62.6 Å². The number of fused-ring (bicyclic) bond motifs is 1. The zero-order chi connectivity index (χ0) is 19.6. The summed E-state index contributed by atoms with van der Waals surface area (Å²) in [5.74, 6) is -2.35. The van der Waals surface area contributed by atoms with E-state index in [9.17, 15) is 23.7 Å². The van der Waals surface area contributed by atoms with Gasteiger partial charge in [-0.1, -0.05) is 30.3 Å². The second kappa shape index (κ2) is 9.86. The number of hydrogen-bond donors (Lipinski definition) is 1. The maximum absolute atomic E-state index is 12.5. The van der Waals surface area contributed by atoms with Gasteiger partial charge in [0.1, 0.15) is 27.5 Å². The number of nitrogens with zero attached hydrogens (tertiary/aromatic N) is 1. The Kier molecular flexibility index (Phi) is 8.05. The van der Waals surface area contributed by atoms with E-state index in [1.807, 2.05) is 0 Å². The number of carboxylic acids is 1. The van der Waals surface area contributed by atoms with Crippen molar-refractivity contribution in [2.45, 2.75) is 11.4 Å². The summed E-state index contributed by atoms with van der Waals surface area (Å²) in [6.45, 7) is 0.0720. The third-order valence-corrected chi connectivity index (χ3v) is 6.10. The third kappa shape index (κ3) is 4.27. The summed E-state index contributed by atoms with van der Waals surface area (Å²) in [6, 6.07) is 7.48. The van der Waals surface area contributed by atoms with Gasteiger partial charge in [0.15, 0.2) is 0 Å². The summed E-state index contributed by atoms with van der Waals surface area (Å²) < 4.78 is 16.4. The Bertz CT molecular complexity index is 885. The van der Waals surface area contributed by atoms with E-state index in [0.717, 1.165) is 4.90 Å². The zero-order valence-electron chi connectivity index (χ0n) is 15.2. The smallest absolute Gasteiger partial charge is 0.543 e. The molecule has 1 N–H and O–H groups in total. The van der Waals surface area contributed by atoms with Crippen LogP contribution < -0.4 is 40.0 Å². The normalized spacial score (nSPS) is 20.5. The molecule has 1 aromatic carbocycles. The van der Waals surface area contributed by atoms with Crippen molar-refractivity contribution < 1.29 is 58.0 Å². The van der Waals surface area contributed by atoms with Crippen LogP contribution in [0.15, 0.2) is 41.6 Å². The molecule has 2 aliphatic heterocycles. The van der Waals surface area contributed by atoms with Crippen LogP contribution in [0.3, 0.4) is 0 Å². The molecule has 2 heterocycles. The number of aliphatic carboxylic acids is 1. The van der Waals surface area contributed by atoms with Gasteiger partial charge in [-0.15, -0.1) is 11.8 Å². The molecule has 1 fully saturated rings. The number of hydrogen-bond acceptors (Lipinski definition) is 7. The molecule has 3 rings (SSSR count). The van der Waals surface area contributed by atoms with E-state index in [-0.39, 0.29) is 58.0 Å². The van der Waals surface area contributed by atoms with E-state index in [2.05, 4.69) is 5.32 Å². The maximum atomic E-state index is 12.5. The molecule has 1 aromatic rings. The molecule has 1 unspecified atom stereocenters. The number of benzene rings is 1. The topological polar surface area (TPSA) is 116 Å². The number of ether oxygens (including phenoxy) is 1. The van der Waals surface area contributed by atoms with E-state index >= 15 is 0 Å². The Morgan fingerprint density at radius 2 is 2.04 bits per heavy atom. The molecule has 142 valence electrons. The summed E-state index contributed by atoms with van der Waals surface area (Å²) in [7, 11) is 1.43. The van der Waals surface area contributed by atoms with Crippen molar-refractivity contribution in [3.05, 3.63) is 47.2 Å². The van der Waals surface area contributed by atoms with Gasteiger partial charge < -0.3 is 20.0 Å². The average molecular weight is 430 g/mol. The summed E-state index contributed by atoms with van der Waals surface area (Å²) in [5, 5.41) is 13.5. The second-order valence-corrected chi connectivity index (χ2v) is 7.49. The molecule has 2 atom stereocenters. The number of carboxylic acid groups (broad SMARTS) is 1. The van der Waals surface area contributed by atoms with Gasteiger partial charge in [0, 0.05) is 18.4 Å². The molecule has 28 heavy (non-hydrogen) atoms. The minimum Gasteiger partial charge on any atom is -0.543 e. The fourth-order valence-corrected chi connectivity index (χ4v) is 4.66. The van der Waals surface area contributed by atoms with Gasteiger partial charge >= 0.3 is 29.6 Å². The van der Waals surface area contributed by atoms with Crippen LogP contribution in [0, 0.1) is 0 Å². The van der Waals surface area contributed by atoms with Crippen molar-refractivity contribution in [3.63, 3.8) is 0 Å². The van der Waals surface area contributed by atoms with Gasteiger partial charge in [-0.25, -0.2) is 4.21 Å². The fourth-order valence-electron chi connectivity index (χ4n) is 2.97. The summed E-state index contributed by atoms with van der Waals surface area (Å²) in [4.78, 5) is 37.5. The predicted molar refractivity (Wildman–Crippen MR) is 97.6 cm³/mol. The first-order chi connectivity index (χ1) is 13.0. The fraction of sp³-hybridized carbons (Fsp3) is 0.294. The van der Waals surface area contributed by atoms with Gasteiger partial charge in [-0.3, -0.25) is 14.5 Å². The standard InChI is InChI=1S/C17H16N2O6S2.Na/c1-25-7-10-8-26-16-11(15(21)19(16)12(10)17(22)23)18-14(20)13(27-24)9-5-3-2-4-6-9;/h2-6,11,16H,7-8H2,1H3,(H,18,20)(H,22,23);/q;+1/p-1/t11?,16-;/m1./s1. The second-order valence-electron chi connectivity index (χ2n) is 5.81. The molecule has 8 nitrogen and oxygen atoms in total. The molecule has 2 amide bonds. The van der Waals surface area contributed by atoms with Crippen LogP contribution in [0.25, 0.3) is 0 Å². The van der Waals surface area contributed by atoms with Crippen LogP contribution in [0.2, 0.25) is 0 Å². The van der Waals surface area contributed by atoms with Crippen LogP contribution >= 0.6 is 11.8 Å². The first-order valence-electron chi connectivity index (χ1n) is 7.89. The zero-order valence-corrected chi connectivity index (χ0v) is 18.8. The molecule has 0 aromatic heterocycles. The molecular formula is C17H15N2NaO6S2. The Labute approximate surface area is 191 Å². The van der Waals surface area contributed by atoms with Gasteiger partial charge in [-0.2, -0.15) is 0 Å². The number of β-lactam (4-membered cyclic amide) rings is 1. The summed E-state index contributed by atoms with van der Waals surface area (Å²) >= 11 is 1.36. The number of thioether (sulfide) groups is 1. The molecule has 11 heteroatoms. The third-order valence-electron chi connectivity index (χ3n) is 4.17. The largest absolute Gasteiger partial charge is 1.00 e. The minimum absolute atomic E-state index is 0. The number of nitrogens with one attached hydrogen (secondary N) is 1. The van der Waals surface area contributed by atoms with E-state index < -0.39 is 29.2 Å². The Morgan fingerprint density at radius 3 is 2.61 bits per heavy atom. The maximum Gasteiger partial charge on any atom is 1.00 e. The molecule has 1 saturated heterocycles. The average Bonchev–Trinajstić information content (AvgIpc) is 2.67. The molecule has 0 saturated carbocycles. The number of carbonyl (C=O) groups is 3. The van der Waals surface area contributed by atoms with E-state index in [1.165, 1.54) is 18.9 Å². The molecule has 0 bridgehead atoms. The molecular weight excluding hydrogens is 415 g/mol. The monoisotopic (exact) mass is 430 g/mol. The van der Waals surface area contributed by atoms with Gasteiger partial charge in [0.2, 0.25) is 0 Å². The van der Waals surface area contributed by atoms with Gasteiger partial charge in [0.05, 0.1) is 18.3 Å². The summed E-state index contributed by atoms with van der Waals surface area (Å²) in [5.41, 5.74) is 0.692. The van der Waals surface area contributed by atoms with Crippen molar-refractivity contribution in [2.75, 3.05) is 19.5 Å². The van der Waals surface area contributed by atoms with Crippen molar-refractivity contribution in [1.82, 2.24) is 10.2 Å². The SMILES string of the molecule is COCC1=C(C(=O)[O-])N2C(=O)C(NC(=O)C(=S=O)c3ccccc3)[C@H]2SC1.[Na+].